The zero-order valence-electron chi connectivity index (χ0n) is 24.6. The van der Waals surface area contributed by atoms with Gasteiger partial charge in [0.2, 0.25) is 5.88 Å². The smallest absolute Gasteiger partial charge is 0.416 e. The first-order valence-electron chi connectivity index (χ1n) is 13.6. The highest BCUT2D eigenvalue weighted by molar-refractivity contribution is 7.90. The first-order chi connectivity index (χ1) is 21.3. The van der Waals surface area contributed by atoms with Crippen LogP contribution in [-0.4, -0.2) is 66.0 Å². The Balaban J connectivity index is 1.89. The summed E-state index contributed by atoms with van der Waals surface area (Å²) >= 11 is 0. The minimum atomic E-state index is -5.10. The highest BCUT2D eigenvalue weighted by atomic mass is 32.2. The van der Waals surface area contributed by atoms with E-state index in [1.807, 2.05) is 0 Å². The number of fused-ring (bicyclic) bond motifs is 1. The number of carbonyl (C=O) groups is 1. The van der Waals surface area contributed by atoms with Gasteiger partial charge in [-0.3, -0.25) is 4.90 Å². The molecule has 250 valence electrons. The van der Waals surface area contributed by atoms with Crippen LogP contribution in [0.5, 0.6) is 11.6 Å². The lowest BCUT2D eigenvalue weighted by molar-refractivity contribution is -0.143. The van der Waals surface area contributed by atoms with Crippen LogP contribution in [0.25, 0.3) is 0 Å². The number of hydrogen-bond acceptors (Lipinski definition) is 9. The SMILES string of the molecule is CC[C@]1(N)C[C@H](c2ncc(OCCS(C)(=O)=O)c(Cc3cc(C(F)(F)F)cc(C(F)(F)F)c3)n2)c2nc(OC)ccc2N1C(=O)O. The Morgan fingerprint density at radius 2 is 1.74 bits per heavy atom. The molecule has 0 bridgehead atoms. The lowest BCUT2D eigenvalue weighted by atomic mass is 9.83. The summed E-state index contributed by atoms with van der Waals surface area (Å²) in [6, 6.07) is 3.95. The second kappa shape index (κ2) is 12.5. The van der Waals surface area contributed by atoms with Crippen molar-refractivity contribution >= 4 is 21.6 Å². The molecule has 2 atom stereocenters. The van der Waals surface area contributed by atoms with Crippen LogP contribution in [0.2, 0.25) is 0 Å². The Bertz CT molecular complexity index is 1700. The number of sulfone groups is 1. The fourth-order valence-electron chi connectivity index (χ4n) is 5.05. The fourth-order valence-corrected chi connectivity index (χ4v) is 5.44. The van der Waals surface area contributed by atoms with Gasteiger partial charge in [0.15, 0.2) is 15.6 Å². The molecule has 0 radical (unpaired) electrons. The molecule has 0 saturated carbocycles. The number of amides is 1. The highest BCUT2D eigenvalue weighted by Crippen LogP contribution is 2.45. The molecule has 3 heterocycles. The molecule has 18 heteroatoms. The number of hydrogen-bond donors (Lipinski definition) is 2. The van der Waals surface area contributed by atoms with E-state index in [2.05, 4.69) is 15.0 Å². The lowest BCUT2D eigenvalue weighted by Gasteiger charge is -2.45. The molecule has 0 aliphatic carbocycles. The quantitative estimate of drug-likeness (QED) is 0.295. The third-order valence-corrected chi connectivity index (χ3v) is 8.26. The number of halogens is 6. The van der Waals surface area contributed by atoms with Gasteiger partial charge < -0.3 is 20.3 Å². The topological polar surface area (TPSA) is 158 Å². The third kappa shape index (κ3) is 7.60. The van der Waals surface area contributed by atoms with E-state index in [1.54, 1.807) is 6.92 Å². The van der Waals surface area contributed by atoms with Gasteiger partial charge in [0, 0.05) is 18.7 Å². The van der Waals surface area contributed by atoms with E-state index >= 15 is 0 Å². The van der Waals surface area contributed by atoms with Gasteiger partial charge in [-0.25, -0.2) is 28.2 Å². The summed E-state index contributed by atoms with van der Waals surface area (Å²) in [7, 11) is -2.17. The van der Waals surface area contributed by atoms with Crippen LogP contribution in [0, 0.1) is 0 Å². The molecular weight excluding hydrogens is 648 g/mol. The maximum absolute atomic E-state index is 13.6. The summed E-state index contributed by atoms with van der Waals surface area (Å²) in [6.07, 6.45) is -10.1. The Kier molecular flexibility index (Phi) is 9.46. The molecule has 0 spiro atoms. The third-order valence-electron chi connectivity index (χ3n) is 7.35. The number of aromatic nitrogens is 3. The predicted molar refractivity (Wildman–Crippen MR) is 151 cm³/mol. The van der Waals surface area contributed by atoms with Crippen LogP contribution >= 0.6 is 0 Å². The summed E-state index contributed by atoms with van der Waals surface area (Å²) in [5, 5.41) is 10.0. The van der Waals surface area contributed by atoms with Gasteiger partial charge in [0.25, 0.3) is 0 Å². The summed E-state index contributed by atoms with van der Waals surface area (Å²) in [4.78, 5) is 26.4. The minimum absolute atomic E-state index is 0.00374. The molecule has 1 amide bonds. The highest BCUT2D eigenvalue weighted by Gasteiger charge is 2.47. The molecule has 0 unspecified atom stereocenters. The van der Waals surface area contributed by atoms with Crippen molar-refractivity contribution in [1.82, 2.24) is 15.0 Å². The molecule has 3 N–H and O–H groups in total. The molecule has 0 saturated heterocycles. The number of nitrogens with zero attached hydrogens (tertiary/aromatic N) is 4. The number of carboxylic acid groups (broad SMARTS) is 1. The summed E-state index contributed by atoms with van der Waals surface area (Å²) in [6.45, 7) is 1.25. The van der Waals surface area contributed by atoms with E-state index in [4.69, 9.17) is 15.2 Å². The minimum Gasteiger partial charge on any atom is -0.489 e. The van der Waals surface area contributed by atoms with Crippen molar-refractivity contribution in [2.45, 2.75) is 50.1 Å². The first kappa shape index (κ1) is 34.7. The van der Waals surface area contributed by atoms with Crippen LogP contribution in [0.4, 0.5) is 36.8 Å². The summed E-state index contributed by atoms with van der Waals surface area (Å²) < 4.78 is 116. The first-order valence-corrected chi connectivity index (χ1v) is 15.6. The Morgan fingerprint density at radius 3 is 2.26 bits per heavy atom. The largest absolute Gasteiger partial charge is 0.489 e. The molecule has 1 aliphatic heterocycles. The van der Waals surface area contributed by atoms with Crippen LogP contribution in [0.15, 0.2) is 36.5 Å². The van der Waals surface area contributed by atoms with Crippen LogP contribution in [-0.2, 0) is 28.6 Å². The number of ether oxygens (including phenoxy) is 2. The van der Waals surface area contributed by atoms with Gasteiger partial charge in [-0.1, -0.05) is 6.92 Å². The van der Waals surface area contributed by atoms with Crippen molar-refractivity contribution in [2.24, 2.45) is 5.73 Å². The molecule has 11 nitrogen and oxygen atoms in total. The molecule has 1 aromatic carbocycles. The van der Waals surface area contributed by atoms with Gasteiger partial charge >= 0.3 is 18.4 Å². The second-order valence-electron chi connectivity index (χ2n) is 10.7. The van der Waals surface area contributed by atoms with E-state index in [0.717, 1.165) is 17.4 Å². The Morgan fingerprint density at radius 1 is 1.11 bits per heavy atom. The standard InChI is InChI=1S/C28H29F6N5O6S/c1-4-26(35)13-18(23-20(39(26)25(40)41)5-6-22(38-23)44-2)24-36-14-21(45-7-8-46(3,42)43)19(37-24)11-15-9-16(27(29,30)31)12-17(10-15)28(32,33)34/h5-6,9-10,12,14,18H,4,7-8,11,13,35H2,1-3H3,(H,40,41)/t18-,26+/m0/s1. The zero-order valence-corrected chi connectivity index (χ0v) is 25.4. The van der Waals surface area contributed by atoms with Crippen LogP contribution < -0.4 is 20.1 Å². The number of pyridine rings is 1. The van der Waals surface area contributed by atoms with E-state index in [0.29, 0.717) is 12.1 Å². The zero-order chi connectivity index (χ0) is 34.2. The number of nitrogens with two attached hydrogens (primary N) is 1. The predicted octanol–water partition coefficient (Wildman–Crippen LogP) is 5.02. The van der Waals surface area contributed by atoms with E-state index in [9.17, 15) is 44.7 Å². The number of rotatable bonds is 9. The number of benzene rings is 1. The van der Waals surface area contributed by atoms with Crippen molar-refractivity contribution in [3.8, 4) is 11.6 Å². The van der Waals surface area contributed by atoms with Gasteiger partial charge in [-0.2, -0.15) is 26.3 Å². The van der Waals surface area contributed by atoms with Crippen molar-refractivity contribution in [1.29, 1.82) is 0 Å². The van der Waals surface area contributed by atoms with E-state index in [-0.39, 0.29) is 53.4 Å². The number of alkyl halides is 6. The van der Waals surface area contributed by atoms with Gasteiger partial charge in [-0.05, 0) is 42.7 Å². The second-order valence-corrected chi connectivity index (χ2v) is 13.0. The normalized spacial score (nSPS) is 18.7. The molecule has 46 heavy (non-hydrogen) atoms. The maximum atomic E-state index is 13.6. The average Bonchev–Trinajstić information content (AvgIpc) is 2.95. The summed E-state index contributed by atoms with van der Waals surface area (Å²) in [5.41, 5.74) is 1.68. The van der Waals surface area contributed by atoms with E-state index in [1.165, 1.54) is 19.2 Å². The lowest BCUT2D eigenvalue weighted by Crippen LogP contribution is -2.61. The summed E-state index contributed by atoms with van der Waals surface area (Å²) in [5.74, 6) is -1.48. The van der Waals surface area contributed by atoms with Gasteiger partial charge in [-0.15, -0.1) is 0 Å². The van der Waals surface area contributed by atoms with Gasteiger partial charge in [0.1, 0.15) is 18.1 Å². The van der Waals surface area contributed by atoms with Crippen LogP contribution in [0.3, 0.4) is 0 Å². The molecule has 2 aromatic heterocycles. The molecular formula is C28H29F6N5O6S. The maximum Gasteiger partial charge on any atom is 0.416 e. The van der Waals surface area contributed by atoms with Crippen LogP contribution in [0.1, 0.15) is 59.6 Å². The molecule has 3 aromatic rings. The molecule has 4 rings (SSSR count). The Labute approximate surface area is 259 Å². The molecule has 0 fully saturated rings. The van der Waals surface area contributed by atoms with E-state index < -0.39 is 75.3 Å². The van der Waals surface area contributed by atoms with Crippen molar-refractivity contribution < 1.29 is 54.1 Å². The average molecular weight is 678 g/mol. The van der Waals surface area contributed by atoms with Crippen molar-refractivity contribution in [3.05, 3.63) is 70.4 Å². The monoisotopic (exact) mass is 677 g/mol. The van der Waals surface area contributed by atoms with Gasteiger partial charge in [0.05, 0.1) is 53.2 Å². The van der Waals surface area contributed by atoms with Crippen molar-refractivity contribution in [2.75, 3.05) is 30.6 Å². The Hall–Kier alpha value is -4.19. The van der Waals surface area contributed by atoms with Crippen molar-refractivity contribution in [3.63, 3.8) is 0 Å². The fraction of sp³-hybridized carbons (Fsp3) is 0.429. The number of methoxy groups -OCH3 is 1. The molecule has 1 aliphatic rings. The number of anilines is 1.